The third-order valence-corrected chi connectivity index (χ3v) is 4.35. The van der Waals surface area contributed by atoms with Gasteiger partial charge < -0.3 is 4.90 Å². The molecule has 0 unspecified atom stereocenters. The molecule has 1 aliphatic heterocycles. The van der Waals surface area contributed by atoms with E-state index in [1.807, 2.05) is 6.21 Å². The molecule has 1 aliphatic rings. The second-order valence-electron chi connectivity index (χ2n) is 6.34. The third-order valence-electron chi connectivity index (χ3n) is 4.35. The number of hydrazone groups is 1. The highest BCUT2D eigenvalue weighted by atomic mass is 15.5. The van der Waals surface area contributed by atoms with E-state index in [2.05, 4.69) is 83.5 Å². The predicted octanol–water partition coefficient (Wildman–Crippen LogP) is 3.97. The van der Waals surface area contributed by atoms with Gasteiger partial charge in [-0.05, 0) is 29.2 Å². The van der Waals surface area contributed by atoms with Crippen LogP contribution in [0.1, 0.15) is 30.9 Å². The molecule has 0 bridgehead atoms. The van der Waals surface area contributed by atoms with Crippen LogP contribution >= 0.6 is 0 Å². The lowest BCUT2D eigenvalue weighted by Crippen LogP contribution is -2.44. The molecule has 0 amide bonds. The van der Waals surface area contributed by atoms with E-state index in [1.165, 1.54) is 16.8 Å². The van der Waals surface area contributed by atoms with Crippen molar-refractivity contribution in [3.8, 4) is 0 Å². The summed E-state index contributed by atoms with van der Waals surface area (Å²) in [5.74, 6) is 0.576. The fraction of sp³-hybridized carbons (Fsp3) is 0.350. The van der Waals surface area contributed by atoms with E-state index in [0.29, 0.717) is 5.92 Å². The van der Waals surface area contributed by atoms with Crippen molar-refractivity contribution in [2.45, 2.75) is 19.8 Å². The van der Waals surface area contributed by atoms with Crippen LogP contribution in [0, 0.1) is 0 Å². The molecule has 3 rings (SSSR count). The van der Waals surface area contributed by atoms with Crippen molar-refractivity contribution in [2.75, 3.05) is 31.1 Å². The van der Waals surface area contributed by atoms with Gasteiger partial charge in [0, 0.05) is 18.8 Å². The minimum atomic E-state index is 0.576. The number of piperazine rings is 1. The maximum Gasteiger partial charge on any atom is 0.0542 e. The molecule has 120 valence electrons. The van der Waals surface area contributed by atoms with Crippen LogP contribution in [-0.2, 0) is 0 Å². The highest BCUT2D eigenvalue weighted by molar-refractivity contribution is 5.79. The van der Waals surface area contributed by atoms with Crippen LogP contribution < -0.4 is 4.90 Å². The maximum atomic E-state index is 4.64. The van der Waals surface area contributed by atoms with E-state index in [-0.39, 0.29) is 0 Å². The second kappa shape index (κ2) is 7.32. The molecule has 1 saturated heterocycles. The molecule has 0 saturated carbocycles. The first-order chi connectivity index (χ1) is 11.2. The van der Waals surface area contributed by atoms with Crippen molar-refractivity contribution in [1.82, 2.24) is 5.01 Å². The number of hydrogen-bond acceptors (Lipinski definition) is 3. The first kappa shape index (κ1) is 15.6. The topological polar surface area (TPSA) is 18.8 Å². The standard InChI is InChI=1S/C20H25N3/c1-17(2)19-10-8-18(9-11-19)16-21-23-14-12-22(13-15-23)20-6-4-3-5-7-20/h3-11,16-17H,12-15H2,1-2H3/b21-16+. The van der Waals surface area contributed by atoms with Gasteiger partial charge >= 0.3 is 0 Å². The zero-order chi connectivity index (χ0) is 16.1. The summed E-state index contributed by atoms with van der Waals surface area (Å²) < 4.78 is 0. The summed E-state index contributed by atoms with van der Waals surface area (Å²) in [4.78, 5) is 2.42. The fourth-order valence-electron chi connectivity index (χ4n) is 2.82. The number of hydrogen-bond donors (Lipinski definition) is 0. The Kier molecular flexibility index (Phi) is 4.96. The molecule has 0 aromatic heterocycles. The van der Waals surface area contributed by atoms with E-state index >= 15 is 0 Å². The molecule has 0 aliphatic carbocycles. The highest BCUT2D eigenvalue weighted by Gasteiger charge is 2.15. The van der Waals surface area contributed by atoms with Gasteiger partial charge in [-0.2, -0.15) is 5.10 Å². The van der Waals surface area contributed by atoms with E-state index < -0.39 is 0 Å². The molecule has 0 radical (unpaired) electrons. The molecule has 0 spiro atoms. The Bertz CT molecular complexity index is 624. The van der Waals surface area contributed by atoms with Gasteiger partial charge in [-0.15, -0.1) is 0 Å². The van der Waals surface area contributed by atoms with E-state index in [9.17, 15) is 0 Å². The van der Waals surface area contributed by atoms with E-state index in [1.54, 1.807) is 0 Å². The van der Waals surface area contributed by atoms with Gasteiger partial charge in [-0.25, -0.2) is 0 Å². The van der Waals surface area contributed by atoms with E-state index in [0.717, 1.165) is 26.2 Å². The predicted molar refractivity (Wildman–Crippen MR) is 98.4 cm³/mol. The van der Waals surface area contributed by atoms with Crippen molar-refractivity contribution >= 4 is 11.9 Å². The monoisotopic (exact) mass is 307 g/mol. The van der Waals surface area contributed by atoms with Crippen molar-refractivity contribution in [1.29, 1.82) is 0 Å². The Labute approximate surface area is 139 Å². The van der Waals surface area contributed by atoms with Gasteiger partial charge in [0.2, 0.25) is 0 Å². The molecule has 0 N–H and O–H groups in total. The molecular formula is C20H25N3. The second-order valence-corrected chi connectivity index (χ2v) is 6.34. The Morgan fingerprint density at radius 3 is 2.13 bits per heavy atom. The average molecular weight is 307 g/mol. The molecule has 1 heterocycles. The molecule has 0 atom stereocenters. The Balaban J connectivity index is 1.54. The van der Waals surface area contributed by atoms with Crippen LogP contribution in [0.4, 0.5) is 5.69 Å². The molecule has 2 aromatic rings. The summed E-state index contributed by atoms with van der Waals surface area (Å²) in [6, 6.07) is 19.3. The fourth-order valence-corrected chi connectivity index (χ4v) is 2.82. The van der Waals surface area contributed by atoms with Crippen LogP contribution in [0.15, 0.2) is 59.7 Å². The van der Waals surface area contributed by atoms with Crippen molar-refractivity contribution in [3.63, 3.8) is 0 Å². The normalized spacial score (nSPS) is 15.6. The highest BCUT2D eigenvalue weighted by Crippen LogP contribution is 2.16. The molecule has 23 heavy (non-hydrogen) atoms. The summed E-state index contributed by atoms with van der Waals surface area (Å²) in [6.45, 7) is 8.41. The van der Waals surface area contributed by atoms with Gasteiger partial charge in [-0.1, -0.05) is 56.3 Å². The van der Waals surface area contributed by atoms with Crippen molar-refractivity contribution < 1.29 is 0 Å². The summed E-state index contributed by atoms with van der Waals surface area (Å²) in [5.41, 5.74) is 3.85. The summed E-state index contributed by atoms with van der Waals surface area (Å²) >= 11 is 0. The van der Waals surface area contributed by atoms with Gasteiger partial charge in [0.1, 0.15) is 0 Å². The lowest BCUT2D eigenvalue weighted by Gasteiger charge is -2.34. The number of rotatable bonds is 4. The average Bonchev–Trinajstić information content (AvgIpc) is 2.61. The van der Waals surface area contributed by atoms with Gasteiger partial charge in [-0.3, -0.25) is 5.01 Å². The smallest absolute Gasteiger partial charge is 0.0542 e. The third kappa shape index (κ3) is 4.13. The molecule has 2 aromatic carbocycles. The minimum absolute atomic E-state index is 0.576. The van der Waals surface area contributed by atoms with Gasteiger partial charge in [0.15, 0.2) is 0 Å². The minimum Gasteiger partial charge on any atom is -0.368 e. The molecule has 1 fully saturated rings. The largest absolute Gasteiger partial charge is 0.368 e. The quantitative estimate of drug-likeness (QED) is 0.796. The van der Waals surface area contributed by atoms with Crippen LogP contribution in [0.5, 0.6) is 0 Å². The molecule has 3 nitrogen and oxygen atoms in total. The Morgan fingerprint density at radius 1 is 0.870 bits per heavy atom. The summed E-state index contributed by atoms with van der Waals surface area (Å²) in [6.07, 6.45) is 1.97. The Hall–Kier alpha value is -2.29. The zero-order valence-electron chi connectivity index (χ0n) is 14.0. The lowest BCUT2D eigenvalue weighted by atomic mass is 10.0. The van der Waals surface area contributed by atoms with Crippen molar-refractivity contribution in [3.05, 3.63) is 65.7 Å². The van der Waals surface area contributed by atoms with Crippen LogP contribution in [0.2, 0.25) is 0 Å². The first-order valence-electron chi connectivity index (χ1n) is 8.41. The van der Waals surface area contributed by atoms with Crippen LogP contribution in [-0.4, -0.2) is 37.4 Å². The molecule has 3 heteroatoms. The summed E-state index contributed by atoms with van der Waals surface area (Å²) in [5, 5.41) is 6.80. The lowest BCUT2D eigenvalue weighted by molar-refractivity contribution is 0.272. The Morgan fingerprint density at radius 2 is 1.52 bits per heavy atom. The number of anilines is 1. The van der Waals surface area contributed by atoms with Crippen LogP contribution in [0.3, 0.4) is 0 Å². The zero-order valence-corrected chi connectivity index (χ0v) is 14.0. The van der Waals surface area contributed by atoms with Gasteiger partial charge in [0.25, 0.3) is 0 Å². The van der Waals surface area contributed by atoms with Crippen molar-refractivity contribution in [2.24, 2.45) is 5.10 Å². The number of para-hydroxylation sites is 1. The number of benzene rings is 2. The maximum absolute atomic E-state index is 4.64. The summed E-state index contributed by atoms with van der Waals surface area (Å²) in [7, 11) is 0. The van der Waals surface area contributed by atoms with Gasteiger partial charge in [0.05, 0.1) is 19.3 Å². The molecular weight excluding hydrogens is 282 g/mol. The van der Waals surface area contributed by atoms with Crippen LogP contribution in [0.25, 0.3) is 0 Å². The first-order valence-corrected chi connectivity index (χ1v) is 8.41. The van der Waals surface area contributed by atoms with E-state index in [4.69, 9.17) is 0 Å². The number of nitrogens with zero attached hydrogens (tertiary/aromatic N) is 3. The SMILES string of the molecule is CC(C)c1ccc(/C=N/N2CCN(c3ccccc3)CC2)cc1.